The summed E-state index contributed by atoms with van der Waals surface area (Å²) in [6.45, 7) is 2.71. The highest BCUT2D eigenvalue weighted by Gasteiger charge is 2.21. The molecule has 3 nitrogen and oxygen atoms in total. The number of fused-ring (bicyclic) bond motifs is 1. The van der Waals surface area contributed by atoms with E-state index in [-0.39, 0.29) is 11.2 Å². The van der Waals surface area contributed by atoms with E-state index in [1.165, 1.54) is 16.5 Å². The zero-order valence-electron chi connectivity index (χ0n) is 16.4. The van der Waals surface area contributed by atoms with Gasteiger partial charge in [0.25, 0.3) is 0 Å². The van der Waals surface area contributed by atoms with Crippen LogP contribution >= 0.6 is 11.8 Å². The van der Waals surface area contributed by atoms with Crippen molar-refractivity contribution in [2.75, 3.05) is 6.54 Å². The van der Waals surface area contributed by atoms with Crippen molar-refractivity contribution in [3.63, 3.8) is 0 Å². The molecule has 3 aromatic carbocycles. The Kier molecular flexibility index (Phi) is 6.01. The molecule has 4 heteroatoms. The first-order chi connectivity index (χ1) is 14.2. The third-order valence-corrected chi connectivity index (χ3v) is 6.22. The van der Waals surface area contributed by atoms with Crippen LogP contribution in [0.4, 0.5) is 0 Å². The fourth-order valence-corrected chi connectivity index (χ4v) is 4.52. The lowest BCUT2D eigenvalue weighted by atomic mass is 10.1. The molecule has 0 fully saturated rings. The van der Waals surface area contributed by atoms with Crippen molar-refractivity contribution in [3.8, 4) is 0 Å². The van der Waals surface area contributed by atoms with Crippen molar-refractivity contribution < 1.29 is 4.79 Å². The van der Waals surface area contributed by atoms with Crippen molar-refractivity contribution in [1.29, 1.82) is 0 Å². The van der Waals surface area contributed by atoms with Crippen LogP contribution in [0.1, 0.15) is 21.9 Å². The summed E-state index contributed by atoms with van der Waals surface area (Å²) in [6, 6.07) is 26.5. The normalized spacial score (nSPS) is 12.0. The summed E-state index contributed by atoms with van der Waals surface area (Å²) < 4.78 is 0. The minimum Gasteiger partial charge on any atom is -0.361 e. The van der Waals surface area contributed by atoms with Crippen LogP contribution in [0.15, 0.2) is 90.0 Å². The van der Waals surface area contributed by atoms with Gasteiger partial charge in [0, 0.05) is 28.5 Å². The Labute approximate surface area is 175 Å². The molecule has 146 valence electrons. The number of aryl methyl sites for hydroxylation is 1. The van der Waals surface area contributed by atoms with E-state index >= 15 is 0 Å². The zero-order chi connectivity index (χ0) is 20.1. The number of nitrogens with one attached hydrogen (secondary N) is 2. The molecule has 1 amide bonds. The molecular formula is C25H24N2OS. The second kappa shape index (κ2) is 9.01. The van der Waals surface area contributed by atoms with Crippen LogP contribution in [-0.2, 0) is 11.2 Å². The van der Waals surface area contributed by atoms with Gasteiger partial charge in [-0.05, 0) is 48.7 Å². The fraction of sp³-hybridized carbons (Fsp3) is 0.160. The van der Waals surface area contributed by atoms with E-state index in [1.807, 2.05) is 66.9 Å². The third-order valence-electron chi connectivity index (χ3n) is 4.95. The molecule has 1 heterocycles. The van der Waals surface area contributed by atoms with Crippen LogP contribution in [-0.4, -0.2) is 17.4 Å². The van der Waals surface area contributed by atoms with Crippen molar-refractivity contribution >= 4 is 28.6 Å². The third kappa shape index (κ3) is 4.72. The maximum atomic E-state index is 13.1. The van der Waals surface area contributed by atoms with Gasteiger partial charge in [-0.25, -0.2) is 0 Å². The van der Waals surface area contributed by atoms with Gasteiger partial charge in [0.1, 0.15) is 5.25 Å². The number of aromatic amines is 1. The number of thioether (sulfide) groups is 1. The van der Waals surface area contributed by atoms with Crippen molar-refractivity contribution in [1.82, 2.24) is 10.3 Å². The number of hydrogen-bond acceptors (Lipinski definition) is 2. The Balaban J connectivity index is 1.45. The van der Waals surface area contributed by atoms with Gasteiger partial charge in [-0.2, -0.15) is 0 Å². The van der Waals surface area contributed by atoms with Gasteiger partial charge in [-0.3, -0.25) is 4.79 Å². The molecule has 0 saturated carbocycles. The molecule has 0 aliphatic rings. The zero-order valence-corrected chi connectivity index (χ0v) is 17.2. The number of carbonyl (C=O) groups excluding carboxylic acids is 1. The molecule has 0 bridgehead atoms. The van der Waals surface area contributed by atoms with Crippen LogP contribution in [0.5, 0.6) is 0 Å². The van der Waals surface area contributed by atoms with Gasteiger partial charge in [0.05, 0.1) is 0 Å². The highest BCUT2D eigenvalue weighted by molar-refractivity contribution is 8.00. The summed E-state index contributed by atoms with van der Waals surface area (Å²) >= 11 is 1.58. The molecule has 1 unspecified atom stereocenters. The molecule has 4 aromatic rings. The quantitative estimate of drug-likeness (QED) is 0.393. The minimum atomic E-state index is -0.274. The van der Waals surface area contributed by atoms with E-state index in [0.717, 1.165) is 22.4 Å². The SMILES string of the molecule is Cc1ccc2[nH]cc(CCNC(=O)C(Sc3ccccc3)c3ccccc3)c2c1. The van der Waals surface area contributed by atoms with Crippen LogP contribution in [0.2, 0.25) is 0 Å². The first kappa shape index (κ1) is 19.3. The van der Waals surface area contributed by atoms with Crippen LogP contribution < -0.4 is 5.32 Å². The molecule has 1 aromatic heterocycles. The maximum Gasteiger partial charge on any atom is 0.238 e. The van der Waals surface area contributed by atoms with E-state index in [4.69, 9.17) is 0 Å². The number of H-pyrrole nitrogens is 1. The monoisotopic (exact) mass is 400 g/mol. The summed E-state index contributed by atoms with van der Waals surface area (Å²) in [7, 11) is 0. The molecule has 0 spiro atoms. The predicted octanol–water partition coefficient (Wildman–Crippen LogP) is 5.67. The summed E-state index contributed by atoms with van der Waals surface area (Å²) in [5.74, 6) is 0.0427. The lowest BCUT2D eigenvalue weighted by molar-refractivity contribution is -0.120. The Hall–Kier alpha value is -2.98. The molecule has 29 heavy (non-hydrogen) atoms. The molecule has 1 atom stereocenters. The van der Waals surface area contributed by atoms with Crippen molar-refractivity contribution in [3.05, 3.63) is 102 Å². The maximum absolute atomic E-state index is 13.1. The first-order valence-corrected chi connectivity index (χ1v) is 10.7. The smallest absolute Gasteiger partial charge is 0.238 e. The number of hydrogen-bond donors (Lipinski definition) is 2. The minimum absolute atomic E-state index is 0.0427. The topological polar surface area (TPSA) is 44.9 Å². The Morgan fingerprint density at radius 2 is 1.72 bits per heavy atom. The van der Waals surface area contributed by atoms with Crippen LogP contribution in [0.25, 0.3) is 10.9 Å². The Bertz CT molecular complexity index is 1090. The van der Waals surface area contributed by atoms with Crippen molar-refractivity contribution in [2.45, 2.75) is 23.5 Å². The number of rotatable bonds is 7. The molecule has 0 aliphatic heterocycles. The van der Waals surface area contributed by atoms with Gasteiger partial charge in [-0.15, -0.1) is 11.8 Å². The van der Waals surface area contributed by atoms with Crippen LogP contribution in [0, 0.1) is 6.92 Å². The Morgan fingerprint density at radius 1 is 1.00 bits per heavy atom. The summed E-state index contributed by atoms with van der Waals surface area (Å²) in [5, 5.41) is 4.10. The highest BCUT2D eigenvalue weighted by atomic mass is 32.2. The second-order valence-corrected chi connectivity index (χ2v) is 8.30. The lowest BCUT2D eigenvalue weighted by Crippen LogP contribution is -2.29. The average molecular weight is 401 g/mol. The Morgan fingerprint density at radius 3 is 2.48 bits per heavy atom. The second-order valence-electron chi connectivity index (χ2n) is 7.13. The van der Waals surface area contributed by atoms with E-state index in [0.29, 0.717) is 6.54 Å². The van der Waals surface area contributed by atoms with E-state index in [9.17, 15) is 4.79 Å². The van der Waals surface area contributed by atoms with Gasteiger partial charge in [0.2, 0.25) is 5.91 Å². The van der Waals surface area contributed by atoms with Gasteiger partial charge < -0.3 is 10.3 Å². The van der Waals surface area contributed by atoms with E-state index < -0.39 is 0 Å². The van der Waals surface area contributed by atoms with Gasteiger partial charge in [0.15, 0.2) is 0 Å². The van der Waals surface area contributed by atoms with Crippen LogP contribution in [0.3, 0.4) is 0 Å². The largest absolute Gasteiger partial charge is 0.361 e. The number of carbonyl (C=O) groups is 1. The van der Waals surface area contributed by atoms with Gasteiger partial charge in [-0.1, -0.05) is 60.2 Å². The number of benzene rings is 3. The fourth-order valence-electron chi connectivity index (χ4n) is 3.45. The van der Waals surface area contributed by atoms with E-state index in [2.05, 4.69) is 35.4 Å². The number of amides is 1. The molecule has 0 saturated heterocycles. The average Bonchev–Trinajstić information content (AvgIpc) is 3.15. The molecule has 0 aliphatic carbocycles. The molecule has 0 radical (unpaired) electrons. The summed E-state index contributed by atoms with van der Waals surface area (Å²) in [4.78, 5) is 17.5. The summed E-state index contributed by atoms with van der Waals surface area (Å²) in [5.41, 5.74) is 4.63. The summed E-state index contributed by atoms with van der Waals surface area (Å²) in [6.07, 6.45) is 2.84. The number of aromatic nitrogens is 1. The van der Waals surface area contributed by atoms with E-state index in [1.54, 1.807) is 11.8 Å². The van der Waals surface area contributed by atoms with Gasteiger partial charge >= 0.3 is 0 Å². The van der Waals surface area contributed by atoms with Crippen molar-refractivity contribution in [2.24, 2.45) is 0 Å². The molecular weight excluding hydrogens is 376 g/mol. The standard InChI is InChI=1S/C25H24N2OS/c1-18-12-13-23-22(16-18)20(17-27-23)14-15-26-25(28)24(19-8-4-2-5-9-19)29-21-10-6-3-7-11-21/h2-13,16-17,24,27H,14-15H2,1H3,(H,26,28). The first-order valence-electron chi connectivity index (χ1n) is 9.82. The lowest BCUT2D eigenvalue weighted by Gasteiger charge is -2.17. The molecule has 4 rings (SSSR count). The highest BCUT2D eigenvalue weighted by Crippen LogP contribution is 2.35. The molecule has 2 N–H and O–H groups in total. The predicted molar refractivity (Wildman–Crippen MR) is 121 cm³/mol.